The Bertz CT molecular complexity index is 319. The summed E-state index contributed by atoms with van der Waals surface area (Å²) in [6.07, 6.45) is 11.4. The van der Waals surface area contributed by atoms with E-state index in [1.54, 1.807) is 37.7 Å². The van der Waals surface area contributed by atoms with Crippen molar-refractivity contribution in [3.8, 4) is 0 Å². The molecule has 4 bridgehead atoms. The first-order valence-corrected chi connectivity index (χ1v) is 7.48. The van der Waals surface area contributed by atoms with Crippen LogP contribution in [0.1, 0.15) is 38.5 Å². The molecule has 0 saturated heterocycles. The zero-order valence-corrected chi connectivity index (χ0v) is 10.6. The predicted octanol–water partition coefficient (Wildman–Crippen LogP) is 2.56. The van der Waals surface area contributed by atoms with Crippen LogP contribution >= 0.6 is 0 Å². The Kier molecular flexibility index (Phi) is 2.38. The minimum Gasteiger partial charge on any atom is -0.268 e. The minimum absolute atomic E-state index is 0.955. The van der Waals surface area contributed by atoms with E-state index in [9.17, 15) is 0 Å². The quantitative estimate of drug-likeness (QED) is 0.556. The van der Waals surface area contributed by atoms with Crippen molar-refractivity contribution in [1.29, 1.82) is 0 Å². The highest BCUT2D eigenvalue weighted by Crippen LogP contribution is 2.58. The molecule has 2 nitrogen and oxygen atoms in total. The van der Waals surface area contributed by atoms with E-state index >= 15 is 0 Å². The molecule has 0 aromatic heterocycles. The topological polar surface area (TPSA) is 29.3 Å². The van der Waals surface area contributed by atoms with Crippen LogP contribution in [0.25, 0.3) is 0 Å². The van der Waals surface area contributed by atoms with Crippen LogP contribution in [0.3, 0.4) is 0 Å². The zero-order valence-electron chi connectivity index (χ0n) is 10.6. The lowest BCUT2D eigenvalue weighted by Crippen LogP contribution is -2.47. The van der Waals surface area contributed by atoms with E-state index < -0.39 is 0 Å². The number of rotatable bonds is 1. The molecule has 5 aliphatic rings. The van der Waals surface area contributed by atoms with Crippen LogP contribution in [0.5, 0.6) is 0 Å². The SMILES string of the molecule is NN1CC=C(C2C3CC4CC(C3)CC2C4)CC1. The van der Waals surface area contributed by atoms with Crippen molar-refractivity contribution in [2.24, 2.45) is 35.4 Å². The molecule has 2 heteroatoms. The molecule has 0 atom stereocenters. The molecule has 4 fully saturated rings. The average molecular weight is 232 g/mol. The Labute approximate surface area is 104 Å². The molecule has 1 heterocycles. The van der Waals surface area contributed by atoms with E-state index in [4.69, 9.17) is 5.84 Å². The Morgan fingerprint density at radius 3 is 2.18 bits per heavy atom. The first kappa shape index (κ1) is 10.6. The molecule has 0 amide bonds. The largest absolute Gasteiger partial charge is 0.268 e. The van der Waals surface area contributed by atoms with E-state index in [0.29, 0.717) is 0 Å². The van der Waals surface area contributed by atoms with Gasteiger partial charge in [0.25, 0.3) is 0 Å². The van der Waals surface area contributed by atoms with Crippen molar-refractivity contribution < 1.29 is 0 Å². The maximum atomic E-state index is 5.86. The van der Waals surface area contributed by atoms with Crippen molar-refractivity contribution in [2.75, 3.05) is 13.1 Å². The Morgan fingerprint density at radius 2 is 1.65 bits per heavy atom. The van der Waals surface area contributed by atoms with E-state index in [-0.39, 0.29) is 0 Å². The maximum Gasteiger partial charge on any atom is 0.0312 e. The zero-order chi connectivity index (χ0) is 11.4. The van der Waals surface area contributed by atoms with Crippen molar-refractivity contribution in [1.82, 2.24) is 5.01 Å². The van der Waals surface area contributed by atoms with Crippen molar-refractivity contribution in [2.45, 2.75) is 38.5 Å². The van der Waals surface area contributed by atoms with Crippen LogP contribution in [0.2, 0.25) is 0 Å². The van der Waals surface area contributed by atoms with E-state index in [0.717, 1.165) is 42.7 Å². The van der Waals surface area contributed by atoms with Crippen LogP contribution in [0, 0.1) is 29.6 Å². The summed E-state index contributed by atoms with van der Waals surface area (Å²) in [7, 11) is 0. The maximum absolute atomic E-state index is 5.86. The summed E-state index contributed by atoms with van der Waals surface area (Å²) in [5.74, 6) is 11.1. The predicted molar refractivity (Wildman–Crippen MR) is 69.0 cm³/mol. The van der Waals surface area contributed by atoms with Gasteiger partial charge in [-0.05, 0) is 68.1 Å². The smallest absolute Gasteiger partial charge is 0.0312 e. The molecular weight excluding hydrogens is 208 g/mol. The van der Waals surface area contributed by atoms with Crippen LogP contribution in [-0.4, -0.2) is 18.1 Å². The van der Waals surface area contributed by atoms with Gasteiger partial charge in [-0.25, -0.2) is 5.01 Å². The molecule has 1 aliphatic heterocycles. The van der Waals surface area contributed by atoms with Crippen LogP contribution in [0.15, 0.2) is 11.6 Å². The molecule has 4 saturated carbocycles. The normalized spacial score (nSPS) is 49.5. The summed E-state index contributed by atoms with van der Waals surface area (Å²) in [6.45, 7) is 2.06. The standard InChI is InChI=1S/C15H24N2/c16-17-3-1-12(2-4-17)15-13-6-10-5-11(8-13)9-14(15)7-10/h1,10-11,13-15H,2-9,16H2. The number of hydrogen-bond donors (Lipinski definition) is 1. The highest BCUT2D eigenvalue weighted by molar-refractivity contribution is 5.17. The second kappa shape index (κ2) is 3.83. The molecule has 0 spiro atoms. The lowest BCUT2D eigenvalue weighted by atomic mass is 9.50. The second-order valence-corrected chi connectivity index (χ2v) is 6.98. The summed E-state index contributed by atoms with van der Waals surface area (Å²) in [6, 6.07) is 0. The molecule has 17 heavy (non-hydrogen) atoms. The molecule has 2 N–H and O–H groups in total. The van der Waals surface area contributed by atoms with Crippen LogP contribution in [-0.2, 0) is 0 Å². The summed E-state index contributed by atoms with van der Waals surface area (Å²) < 4.78 is 0. The third kappa shape index (κ3) is 1.68. The lowest BCUT2D eigenvalue weighted by molar-refractivity contribution is -0.0231. The van der Waals surface area contributed by atoms with Gasteiger partial charge in [0.2, 0.25) is 0 Å². The summed E-state index contributed by atoms with van der Waals surface area (Å²) >= 11 is 0. The summed E-state index contributed by atoms with van der Waals surface area (Å²) in [4.78, 5) is 0. The fourth-order valence-electron chi connectivity index (χ4n) is 5.53. The van der Waals surface area contributed by atoms with Gasteiger partial charge >= 0.3 is 0 Å². The van der Waals surface area contributed by atoms with Gasteiger partial charge in [-0.15, -0.1) is 0 Å². The number of nitrogens with zero attached hydrogens (tertiary/aromatic N) is 1. The second-order valence-electron chi connectivity index (χ2n) is 6.98. The summed E-state index contributed by atoms with van der Waals surface area (Å²) in [5.41, 5.74) is 1.78. The van der Waals surface area contributed by atoms with Gasteiger partial charge in [0.15, 0.2) is 0 Å². The molecule has 0 aromatic carbocycles. The number of hydrogen-bond acceptors (Lipinski definition) is 2. The lowest BCUT2D eigenvalue weighted by Gasteiger charge is -2.55. The Morgan fingerprint density at radius 1 is 1.00 bits per heavy atom. The van der Waals surface area contributed by atoms with Crippen LogP contribution < -0.4 is 5.84 Å². The average Bonchev–Trinajstić information content (AvgIpc) is 2.30. The van der Waals surface area contributed by atoms with Gasteiger partial charge in [0.1, 0.15) is 0 Å². The molecular formula is C15H24N2. The molecule has 5 rings (SSSR count). The Hall–Kier alpha value is -0.340. The first-order chi connectivity index (χ1) is 8.29. The highest BCUT2D eigenvalue weighted by atomic mass is 15.4. The van der Waals surface area contributed by atoms with Gasteiger partial charge in [-0.3, -0.25) is 5.84 Å². The third-order valence-electron chi connectivity index (χ3n) is 5.93. The third-order valence-corrected chi connectivity index (χ3v) is 5.93. The van der Waals surface area contributed by atoms with Gasteiger partial charge in [0, 0.05) is 13.1 Å². The highest BCUT2D eigenvalue weighted by Gasteiger charge is 2.49. The van der Waals surface area contributed by atoms with Gasteiger partial charge in [-0.2, -0.15) is 0 Å². The Balaban J connectivity index is 1.58. The fourth-order valence-corrected chi connectivity index (χ4v) is 5.53. The van der Waals surface area contributed by atoms with E-state index in [2.05, 4.69) is 6.08 Å². The van der Waals surface area contributed by atoms with E-state index in [1.165, 1.54) is 6.42 Å². The minimum atomic E-state index is 0.955. The molecule has 94 valence electrons. The number of hydrazine groups is 1. The van der Waals surface area contributed by atoms with Crippen molar-refractivity contribution >= 4 is 0 Å². The molecule has 0 radical (unpaired) electrons. The number of nitrogens with two attached hydrogens (primary N) is 1. The van der Waals surface area contributed by atoms with Crippen molar-refractivity contribution in [3.05, 3.63) is 11.6 Å². The van der Waals surface area contributed by atoms with Gasteiger partial charge in [-0.1, -0.05) is 11.6 Å². The van der Waals surface area contributed by atoms with Crippen LogP contribution in [0.4, 0.5) is 0 Å². The van der Waals surface area contributed by atoms with Gasteiger partial charge in [0.05, 0.1) is 0 Å². The fraction of sp³-hybridized carbons (Fsp3) is 0.867. The molecule has 0 aromatic rings. The first-order valence-electron chi connectivity index (χ1n) is 7.48. The summed E-state index contributed by atoms with van der Waals surface area (Å²) in [5, 5.41) is 1.96. The monoisotopic (exact) mass is 232 g/mol. The molecule has 0 unspecified atom stereocenters. The van der Waals surface area contributed by atoms with Gasteiger partial charge < -0.3 is 0 Å². The van der Waals surface area contributed by atoms with Crippen molar-refractivity contribution in [3.63, 3.8) is 0 Å². The molecule has 4 aliphatic carbocycles. The van der Waals surface area contributed by atoms with E-state index in [1.807, 2.05) is 5.01 Å².